The molecule has 0 saturated heterocycles. The molecule has 102 valence electrons. The molecule has 0 aliphatic carbocycles. The molecule has 1 unspecified atom stereocenters. The number of carboxylic acid groups (broad SMARTS) is 1. The van der Waals surface area contributed by atoms with Gasteiger partial charge in [-0.1, -0.05) is 6.92 Å². The first kappa shape index (κ1) is 16.2. The van der Waals surface area contributed by atoms with Crippen molar-refractivity contribution in [3.05, 3.63) is 0 Å². The molecule has 0 aromatic heterocycles. The van der Waals surface area contributed by atoms with Crippen LogP contribution in [0, 0.1) is 0 Å². The molecule has 0 bridgehead atoms. The molecule has 17 heavy (non-hydrogen) atoms. The first-order valence-electron chi connectivity index (χ1n) is 5.76. The summed E-state index contributed by atoms with van der Waals surface area (Å²) in [5.74, 6) is -0.896. The maximum absolute atomic E-state index is 11.7. The van der Waals surface area contributed by atoms with E-state index in [4.69, 9.17) is 9.84 Å². The van der Waals surface area contributed by atoms with Crippen molar-refractivity contribution in [3.8, 4) is 0 Å². The van der Waals surface area contributed by atoms with Crippen molar-refractivity contribution >= 4 is 5.97 Å². The Morgan fingerprint density at radius 2 is 2.12 bits per heavy atom. The fourth-order valence-corrected chi connectivity index (χ4v) is 1.52. The van der Waals surface area contributed by atoms with E-state index in [1.807, 2.05) is 6.92 Å². The highest BCUT2D eigenvalue weighted by Gasteiger charge is 2.30. The largest absolute Gasteiger partial charge is 0.480 e. The second-order valence-electron chi connectivity index (χ2n) is 4.09. The molecule has 1 atom stereocenters. The van der Waals surface area contributed by atoms with Gasteiger partial charge in [0.25, 0.3) is 6.43 Å². The maximum Gasteiger partial charge on any atom is 0.323 e. The molecule has 0 saturated carbocycles. The average molecular weight is 253 g/mol. The predicted molar refractivity (Wildman–Crippen MR) is 60.4 cm³/mol. The van der Waals surface area contributed by atoms with E-state index < -0.39 is 24.5 Å². The molecular weight excluding hydrogens is 232 g/mol. The van der Waals surface area contributed by atoms with E-state index in [-0.39, 0.29) is 6.61 Å². The quantitative estimate of drug-likeness (QED) is 0.584. The third-order valence-electron chi connectivity index (χ3n) is 2.50. The van der Waals surface area contributed by atoms with Gasteiger partial charge in [-0.15, -0.1) is 0 Å². The summed E-state index contributed by atoms with van der Waals surface area (Å²) in [6.07, 6.45) is -0.783. The van der Waals surface area contributed by atoms with Crippen molar-refractivity contribution in [3.63, 3.8) is 0 Å². The molecule has 0 amide bonds. The van der Waals surface area contributed by atoms with Gasteiger partial charge in [-0.3, -0.25) is 4.79 Å². The molecule has 0 aromatic carbocycles. The maximum atomic E-state index is 11.7. The summed E-state index contributed by atoms with van der Waals surface area (Å²) in [6.45, 7) is 3.73. The van der Waals surface area contributed by atoms with Crippen LogP contribution in [-0.4, -0.2) is 42.8 Å². The van der Waals surface area contributed by atoms with Gasteiger partial charge in [0.1, 0.15) is 12.1 Å². The van der Waals surface area contributed by atoms with Crippen molar-refractivity contribution in [2.45, 2.75) is 45.1 Å². The van der Waals surface area contributed by atoms with E-state index in [0.29, 0.717) is 25.8 Å². The number of hydrogen-bond acceptors (Lipinski definition) is 3. The Kier molecular flexibility index (Phi) is 7.99. The Hall–Kier alpha value is -0.750. The van der Waals surface area contributed by atoms with Crippen LogP contribution in [0.2, 0.25) is 0 Å². The SMILES string of the molecule is CCNC(C)(CCCCOCC(F)F)C(=O)O. The van der Waals surface area contributed by atoms with Crippen LogP contribution >= 0.6 is 0 Å². The number of alkyl halides is 2. The monoisotopic (exact) mass is 253 g/mol. The molecule has 6 heteroatoms. The van der Waals surface area contributed by atoms with Crippen molar-refractivity contribution in [2.75, 3.05) is 19.8 Å². The summed E-state index contributed by atoms with van der Waals surface area (Å²) in [5, 5.41) is 12.0. The Morgan fingerprint density at radius 1 is 1.47 bits per heavy atom. The summed E-state index contributed by atoms with van der Waals surface area (Å²) < 4.78 is 28.2. The van der Waals surface area contributed by atoms with Gasteiger partial charge in [0, 0.05) is 6.61 Å². The van der Waals surface area contributed by atoms with Gasteiger partial charge in [-0.05, 0) is 32.7 Å². The van der Waals surface area contributed by atoms with E-state index in [2.05, 4.69) is 5.32 Å². The minimum absolute atomic E-state index is 0.242. The molecule has 0 aromatic rings. The number of nitrogens with one attached hydrogen (secondary N) is 1. The summed E-state index contributed by atoms with van der Waals surface area (Å²) >= 11 is 0. The van der Waals surface area contributed by atoms with Gasteiger partial charge < -0.3 is 15.2 Å². The first-order chi connectivity index (χ1) is 7.92. The molecule has 0 heterocycles. The normalized spacial score (nSPS) is 14.9. The van der Waals surface area contributed by atoms with Crippen molar-refractivity contribution in [1.82, 2.24) is 5.32 Å². The fraction of sp³-hybridized carbons (Fsp3) is 0.909. The predicted octanol–water partition coefficient (Wildman–Crippen LogP) is 1.89. The van der Waals surface area contributed by atoms with Gasteiger partial charge in [0.15, 0.2) is 0 Å². The lowest BCUT2D eigenvalue weighted by Crippen LogP contribution is -2.49. The molecule has 0 fully saturated rings. The van der Waals surface area contributed by atoms with Crippen LogP contribution in [-0.2, 0) is 9.53 Å². The van der Waals surface area contributed by atoms with E-state index in [9.17, 15) is 13.6 Å². The molecule has 0 aliphatic rings. The number of carboxylic acids is 1. The second-order valence-corrected chi connectivity index (χ2v) is 4.09. The zero-order valence-electron chi connectivity index (χ0n) is 10.3. The van der Waals surface area contributed by atoms with Crippen molar-refractivity contribution in [2.24, 2.45) is 0 Å². The summed E-state index contributed by atoms with van der Waals surface area (Å²) in [7, 11) is 0. The van der Waals surface area contributed by atoms with Crippen LogP contribution in [0.5, 0.6) is 0 Å². The highest BCUT2D eigenvalue weighted by molar-refractivity contribution is 5.78. The second kappa shape index (κ2) is 8.36. The minimum atomic E-state index is -2.44. The highest BCUT2D eigenvalue weighted by atomic mass is 19.3. The van der Waals surface area contributed by atoms with Crippen LogP contribution < -0.4 is 5.32 Å². The van der Waals surface area contributed by atoms with Gasteiger partial charge in [-0.25, -0.2) is 8.78 Å². The zero-order valence-corrected chi connectivity index (χ0v) is 10.3. The van der Waals surface area contributed by atoms with Gasteiger partial charge in [-0.2, -0.15) is 0 Å². The van der Waals surface area contributed by atoms with E-state index in [0.717, 1.165) is 0 Å². The topological polar surface area (TPSA) is 58.6 Å². The number of carbonyl (C=O) groups is 1. The molecule has 0 aliphatic heterocycles. The first-order valence-corrected chi connectivity index (χ1v) is 5.76. The highest BCUT2D eigenvalue weighted by Crippen LogP contribution is 2.14. The van der Waals surface area contributed by atoms with Crippen LogP contribution in [0.25, 0.3) is 0 Å². The number of rotatable bonds is 10. The number of unbranched alkanes of at least 4 members (excludes halogenated alkanes) is 1. The van der Waals surface area contributed by atoms with Crippen LogP contribution in [0.3, 0.4) is 0 Å². The van der Waals surface area contributed by atoms with Crippen LogP contribution in [0.4, 0.5) is 8.78 Å². The molecule has 4 nitrogen and oxygen atoms in total. The molecule has 0 rings (SSSR count). The molecule has 2 N–H and O–H groups in total. The van der Waals surface area contributed by atoms with Crippen molar-refractivity contribution in [1.29, 1.82) is 0 Å². The number of hydrogen-bond donors (Lipinski definition) is 2. The van der Waals surface area contributed by atoms with Crippen LogP contribution in [0.1, 0.15) is 33.1 Å². The standard InChI is InChI=1S/C11H21F2NO3/c1-3-14-11(2,10(15)16)6-4-5-7-17-8-9(12)13/h9,14H,3-8H2,1-2H3,(H,15,16). The lowest BCUT2D eigenvalue weighted by molar-refractivity contribution is -0.144. The van der Waals surface area contributed by atoms with E-state index in [1.54, 1.807) is 6.92 Å². The average Bonchev–Trinajstić information content (AvgIpc) is 2.23. The lowest BCUT2D eigenvalue weighted by atomic mass is 9.95. The Labute approximate surface area is 100 Å². The summed E-state index contributed by atoms with van der Waals surface area (Å²) in [4.78, 5) is 11.0. The number of likely N-dealkylation sites (N-methyl/N-ethyl adjacent to an activating group) is 1. The van der Waals surface area contributed by atoms with Gasteiger partial charge in [0.2, 0.25) is 0 Å². The minimum Gasteiger partial charge on any atom is -0.480 e. The summed E-state index contributed by atoms with van der Waals surface area (Å²) in [6, 6.07) is 0. The Balaban J connectivity index is 3.73. The van der Waals surface area contributed by atoms with Gasteiger partial charge >= 0.3 is 5.97 Å². The third kappa shape index (κ3) is 7.23. The molecule has 0 radical (unpaired) electrons. The number of aliphatic carboxylic acids is 1. The number of ether oxygens (including phenoxy) is 1. The number of halogens is 2. The summed E-state index contributed by atoms with van der Waals surface area (Å²) in [5.41, 5.74) is -0.947. The van der Waals surface area contributed by atoms with Crippen LogP contribution in [0.15, 0.2) is 0 Å². The molecule has 0 spiro atoms. The fourth-order valence-electron chi connectivity index (χ4n) is 1.52. The van der Waals surface area contributed by atoms with E-state index in [1.165, 1.54) is 0 Å². The smallest absolute Gasteiger partial charge is 0.323 e. The molecular formula is C11H21F2NO3. The third-order valence-corrected chi connectivity index (χ3v) is 2.50. The van der Waals surface area contributed by atoms with Gasteiger partial charge in [0.05, 0.1) is 0 Å². The van der Waals surface area contributed by atoms with E-state index >= 15 is 0 Å². The lowest BCUT2D eigenvalue weighted by Gasteiger charge is -2.25. The van der Waals surface area contributed by atoms with Crippen molar-refractivity contribution < 1.29 is 23.4 Å². The zero-order chi connectivity index (χ0) is 13.3. The Morgan fingerprint density at radius 3 is 2.59 bits per heavy atom. The Bertz CT molecular complexity index is 227.